The van der Waals surface area contributed by atoms with Crippen LogP contribution in [-0.2, 0) is 23.2 Å². The fourth-order valence-corrected chi connectivity index (χ4v) is 11.0. The molecule has 4 rings (SSSR count). The van der Waals surface area contributed by atoms with Gasteiger partial charge in [0, 0.05) is 0 Å². The van der Waals surface area contributed by atoms with E-state index in [0.29, 0.717) is 0 Å². The van der Waals surface area contributed by atoms with Gasteiger partial charge >= 0.3 is 146 Å². The summed E-state index contributed by atoms with van der Waals surface area (Å²) in [5, 5.41) is 1.74. The number of hydrogen-bond acceptors (Lipinski definition) is 0. The molecule has 0 aromatic heterocycles. The summed E-state index contributed by atoms with van der Waals surface area (Å²) in [6.07, 6.45) is 7.31. The van der Waals surface area contributed by atoms with Gasteiger partial charge in [-0.2, -0.15) is 0 Å². The first-order valence-corrected chi connectivity index (χ1v) is 12.8. The molecule has 2 aliphatic carbocycles. The zero-order valence-electron chi connectivity index (χ0n) is 13.0. The van der Waals surface area contributed by atoms with E-state index in [2.05, 4.69) is 80.1 Å². The Hall–Kier alpha value is -0.767. The first-order valence-electron chi connectivity index (χ1n) is 7.75. The molecule has 0 saturated heterocycles. The van der Waals surface area contributed by atoms with E-state index in [0.717, 1.165) is 7.25 Å². The summed E-state index contributed by atoms with van der Waals surface area (Å²) in [5.74, 6) is 0. The van der Waals surface area contributed by atoms with Crippen LogP contribution in [0.15, 0.2) is 59.9 Å². The van der Waals surface area contributed by atoms with E-state index in [-0.39, 0.29) is 7.92 Å². The fraction of sp³-hybridized carbons (Fsp3) is 0.200. The second-order valence-corrected chi connectivity index (χ2v) is 12.2. The predicted octanol–water partition coefficient (Wildman–Crippen LogP) is 5.67. The van der Waals surface area contributed by atoms with E-state index in [9.17, 15) is 0 Å². The maximum atomic E-state index is 2.50. The van der Waals surface area contributed by atoms with Crippen LogP contribution in [0.25, 0.3) is 12.2 Å². The minimum atomic E-state index is -0.615. The number of hydrogen-bond donors (Lipinski definition) is 0. The summed E-state index contributed by atoms with van der Waals surface area (Å²) >= 11 is -0.615. The fourth-order valence-electron chi connectivity index (χ4n) is 3.44. The van der Waals surface area contributed by atoms with Crippen molar-refractivity contribution in [3.63, 3.8) is 0 Å². The third kappa shape index (κ3) is 2.53. The molecule has 108 valence electrons. The van der Waals surface area contributed by atoms with Crippen molar-refractivity contribution in [2.45, 2.75) is 7.25 Å². The Kier molecular flexibility index (Phi) is 4.06. The van der Waals surface area contributed by atoms with E-state index < -0.39 is 23.2 Å². The van der Waals surface area contributed by atoms with Crippen molar-refractivity contribution in [2.75, 3.05) is 13.3 Å². The molecule has 0 amide bonds. The van der Waals surface area contributed by atoms with E-state index in [1.165, 1.54) is 11.1 Å². The third-order valence-corrected chi connectivity index (χ3v) is 11.1. The van der Waals surface area contributed by atoms with E-state index in [1.54, 1.807) is 16.4 Å². The molecule has 0 spiro atoms. The Labute approximate surface area is 145 Å². The molecular weight excluding hydrogens is 362 g/mol. The molecule has 0 radical (unpaired) electrons. The zero-order valence-corrected chi connectivity index (χ0v) is 16.3. The summed E-state index contributed by atoms with van der Waals surface area (Å²) in [4.78, 5) is 0. The van der Waals surface area contributed by atoms with Gasteiger partial charge in [0.05, 0.1) is 0 Å². The van der Waals surface area contributed by atoms with Crippen molar-refractivity contribution < 1.29 is 23.2 Å². The first-order chi connectivity index (χ1) is 10.7. The van der Waals surface area contributed by atoms with Crippen LogP contribution in [0.2, 0.25) is 0 Å². The van der Waals surface area contributed by atoms with Gasteiger partial charge in [0.1, 0.15) is 0 Å². The molecule has 0 aliphatic heterocycles. The monoisotopic (exact) mass is 380 g/mol. The number of benzene rings is 2. The van der Waals surface area contributed by atoms with Crippen molar-refractivity contribution in [2.24, 2.45) is 0 Å². The quantitative estimate of drug-likeness (QED) is 0.601. The normalized spacial score (nSPS) is 21.7. The molecule has 2 heteroatoms. The zero-order chi connectivity index (χ0) is 15.1. The molecule has 2 aromatic carbocycles. The molecule has 2 atom stereocenters. The average molecular weight is 382 g/mol. The minimum absolute atomic E-state index is 0.00476. The summed E-state index contributed by atoms with van der Waals surface area (Å²) in [5.41, 5.74) is 6.11. The summed E-state index contributed by atoms with van der Waals surface area (Å²) in [6.45, 7) is 4.83. The van der Waals surface area contributed by atoms with Crippen molar-refractivity contribution in [3.05, 3.63) is 82.2 Å². The average Bonchev–Trinajstić information content (AvgIpc) is 3.10. The molecular formula is C20H19PZr. The van der Waals surface area contributed by atoms with Gasteiger partial charge in [-0.05, 0) is 0 Å². The Morgan fingerprint density at radius 3 is 2.32 bits per heavy atom. The summed E-state index contributed by atoms with van der Waals surface area (Å²) in [7, 11) is 0.00476. The topological polar surface area (TPSA) is 0 Å². The van der Waals surface area contributed by atoms with Crippen LogP contribution in [0.1, 0.15) is 29.5 Å². The van der Waals surface area contributed by atoms with Gasteiger partial charge in [-0.25, -0.2) is 0 Å². The molecule has 0 heterocycles. The maximum absolute atomic E-state index is 2.50. The summed E-state index contributed by atoms with van der Waals surface area (Å²) < 4.78 is 1.50. The van der Waals surface area contributed by atoms with Gasteiger partial charge in [-0.15, -0.1) is 0 Å². The van der Waals surface area contributed by atoms with Crippen LogP contribution in [-0.4, -0.2) is 13.3 Å². The van der Waals surface area contributed by atoms with Gasteiger partial charge < -0.3 is 0 Å². The first kappa shape index (κ1) is 14.8. The van der Waals surface area contributed by atoms with Gasteiger partial charge in [0.25, 0.3) is 0 Å². The SMILES string of the molecule is CP(C)C1=Cc2ccccc2[CH]1[Zr][CH]1C=Cc2ccccc21. The molecule has 0 bridgehead atoms. The van der Waals surface area contributed by atoms with Gasteiger partial charge in [0.2, 0.25) is 0 Å². The summed E-state index contributed by atoms with van der Waals surface area (Å²) in [6, 6.07) is 18.0. The Balaban J connectivity index is 1.68. The van der Waals surface area contributed by atoms with Crippen molar-refractivity contribution in [1.29, 1.82) is 0 Å². The Morgan fingerprint density at radius 2 is 1.55 bits per heavy atom. The van der Waals surface area contributed by atoms with E-state index in [4.69, 9.17) is 0 Å². The van der Waals surface area contributed by atoms with E-state index in [1.807, 2.05) is 0 Å². The Bertz CT molecular complexity index is 773. The van der Waals surface area contributed by atoms with Crippen LogP contribution in [0, 0.1) is 0 Å². The second kappa shape index (κ2) is 6.03. The molecule has 0 nitrogen and oxygen atoms in total. The van der Waals surface area contributed by atoms with Gasteiger partial charge in [-0.3, -0.25) is 0 Å². The molecule has 0 saturated carbocycles. The number of allylic oxidation sites excluding steroid dienone is 2. The molecule has 0 N–H and O–H groups in total. The van der Waals surface area contributed by atoms with Crippen LogP contribution in [0.5, 0.6) is 0 Å². The predicted molar refractivity (Wildman–Crippen MR) is 94.1 cm³/mol. The molecule has 2 aliphatic rings. The van der Waals surface area contributed by atoms with Crippen LogP contribution in [0.3, 0.4) is 0 Å². The van der Waals surface area contributed by atoms with Gasteiger partial charge in [-0.1, -0.05) is 0 Å². The van der Waals surface area contributed by atoms with Crippen LogP contribution in [0.4, 0.5) is 0 Å². The van der Waals surface area contributed by atoms with Crippen molar-refractivity contribution in [1.82, 2.24) is 0 Å². The molecule has 2 aromatic rings. The standard InChI is InChI=1S/C11H12P.C9H7.Zr/c1-12(2)11-7-9-5-3-4-6-10(9)8-11;1-2-5-9-7-3-6-8(9)4-1;/h3-8H,1-2H3;1-7H;. The van der Waals surface area contributed by atoms with Crippen molar-refractivity contribution >= 4 is 20.1 Å². The molecule has 0 fully saturated rings. The molecule has 22 heavy (non-hydrogen) atoms. The second-order valence-electron chi connectivity index (χ2n) is 6.16. The molecule has 2 unspecified atom stereocenters. The van der Waals surface area contributed by atoms with Crippen LogP contribution >= 0.6 is 7.92 Å². The third-order valence-electron chi connectivity index (χ3n) is 4.57. The van der Waals surface area contributed by atoms with Gasteiger partial charge in [0.15, 0.2) is 0 Å². The Morgan fingerprint density at radius 1 is 0.864 bits per heavy atom. The van der Waals surface area contributed by atoms with Crippen molar-refractivity contribution in [3.8, 4) is 0 Å². The van der Waals surface area contributed by atoms with Crippen LogP contribution < -0.4 is 0 Å². The number of rotatable bonds is 3. The number of fused-ring (bicyclic) bond motifs is 2. The van der Waals surface area contributed by atoms with E-state index >= 15 is 0 Å².